The van der Waals surface area contributed by atoms with Crippen LogP contribution in [-0.4, -0.2) is 21.1 Å². The van der Waals surface area contributed by atoms with Gasteiger partial charge in [-0.05, 0) is 30.5 Å². The third-order valence-electron chi connectivity index (χ3n) is 3.43. The van der Waals surface area contributed by atoms with Gasteiger partial charge in [-0.25, -0.2) is 4.52 Å². The Kier molecular flexibility index (Phi) is 3.22. The monoisotopic (exact) mass is 286 g/mol. The van der Waals surface area contributed by atoms with Crippen molar-refractivity contribution in [2.45, 2.75) is 26.2 Å². The summed E-state index contributed by atoms with van der Waals surface area (Å²) in [6.45, 7) is 7.30. The van der Waals surface area contributed by atoms with Crippen LogP contribution in [0.15, 0.2) is 35.7 Å². The second kappa shape index (κ2) is 4.90. The van der Waals surface area contributed by atoms with Crippen molar-refractivity contribution >= 4 is 22.9 Å². The first-order valence-corrected chi connectivity index (χ1v) is 7.54. The molecule has 104 valence electrons. The van der Waals surface area contributed by atoms with Crippen molar-refractivity contribution in [1.29, 1.82) is 0 Å². The molecule has 3 aromatic rings. The molecule has 0 saturated heterocycles. The van der Waals surface area contributed by atoms with E-state index in [0.29, 0.717) is 5.95 Å². The predicted octanol–water partition coefficient (Wildman–Crippen LogP) is 3.49. The Morgan fingerprint density at radius 3 is 2.80 bits per heavy atom. The van der Waals surface area contributed by atoms with Crippen molar-refractivity contribution in [1.82, 2.24) is 14.6 Å². The number of rotatable bonds is 4. The van der Waals surface area contributed by atoms with Crippen LogP contribution in [0.2, 0.25) is 0 Å². The van der Waals surface area contributed by atoms with Crippen LogP contribution in [-0.2, 0) is 5.41 Å². The molecule has 0 unspecified atom stereocenters. The average molecular weight is 286 g/mol. The van der Waals surface area contributed by atoms with Crippen LogP contribution in [0, 0.1) is 6.92 Å². The minimum Gasteiger partial charge on any atom is -0.352 e. The van der Waals surface area contributed by atoms with Crippen LogP contribution in [0.25, 0.3) is 5.65 Å². The summed E-state index contributed by atoms with van der Waals surface area (Å²) in [6.07, 6.45) is 0. The van der Waals surface area contributed by atoms with Crippen molar-refractivity contribution < 1.29 is 0 Å². The number of hydrogen-bond acceptors (Lipinski definition) is 4. The van der Waals surface area contributed by atoms with E-state index in [1.54, 1.807) is 11.3 Å². The number of fused-ring (bicyclic) bond motifs is 1. The van der Waals surface area contributed by atoms with Crippen LogP contribution in [0.3, 0.4) is 0 Å². The molecule has 0 aliphatic heterocycles. The van der Waals surface area contributed by atoms with E-state index in [1.165, 1.54) is 4.88 Å². The molecular weight excluding hydrogens is 268 g/mol. The Morgan fingerprint density at radius 2 is 2.10 bits per heavy atom. The fourth-order valence-electron chi connectivity index (χ4n) is 2.16. The van der Waals surface area contributed by atoms with Crippen molar-refractivity contribution in [3.05, 3.63) is 46.3 Å². The molecule has 0 aliphatic carbocycles. The first-order chi connectivity index (χ1) is 9.56. The van der Waals surface area contributed by atoms with Crippen molar-refractivity contribution in [3.8, 4) is 0 Å². The summed E-state index contributed by atoms with van der Waals surface area (Å²) >= 11 is 1.79. The summed E-state index contributed by atoms with van der Waals surface area (Å²) in [5.41, 5.74) is 2.03. The highest BCUT2D eigenvalue weighted by atomic mass is 32.1. The molecule has 20 heavy (non-hydrogen) atoms. The molecule has 0 amide bonds. The van der Waals surface area contributed by atoms with Gasteiger partial charge in [-0.1, -0.05) is 26.0 Å². The highest BCUT2D eigenvalue weighted by Gasteiger charge is 2.22. The van der Waals surface area contributed by atoms with E-state index in [4.69, 9.17) is 0 Å². The fourth-order valence-corrected chi connectivity index (χ4v) is 3.01. The molecular formula is C15H18N4S. The lowest BCUT2D eigenvalue weighted by Gasteiger charge is -2.23. The summed E-state index contributed by atoms with van der Waals surface area (Å²) in [7, 11) is 0. The van der Waals surface area contributed by atoms with Gasteiger partial charge < -0.3 is 5.32 Å². The average Bonchev–Trinajstić information content (AvgIpc) is 3.06. The van der Waals surface area contributed by atoms with Gasteiger partial charge in [-0.15, -0.1) is 16.4 Å². The van der Waals surface area contributed by atoms with E-state index >= 15 is 0 Å². The molecule has 0 saturated carbocycles. The number of aromatic nitrogens is 3. The van der Waals surface area contributed by atoms with Crippen LogP contribution >= 0.6 is 11.3 Å². The normalized spacial score (nSPS) is 11.9. The summed E-state index contributed by atoms with van der Waals surface area (Å²) in [6, 6.07) is 10.3. The molecule has 0 fully saturated rings. The lowest BCUT2D eigenvalue weighted by atomic mass is 9.91. The molecule has 0 aliphatic rings. The van der Waals surface area contributed by atoms with Crippen molar-refractivity contribution in [2.75, 3.05) is 11.9 Å². The third-order valence-corrected chi connectivity index (χ3v) is 4.66. The molecule has 0 aromatic carbocycles. The number of pyridine rings is 1. The van der Waals surface area contributed by atoms with Crippen LogP contribution in [0.5, 0.6) is 0 Å². The highest BCUT2D eigenvalue weighted by molar-refractivity contribution is 7.10. The first kappa shape index (κ1) is 13.1. The number of hydrogen-bond donors (Lipinski definition) is 1. The van der Waals surface area contributed by atoms with Crippen LogP contribution in [0.1, 0.15) is 24.4 Å². The lowest BCUT2D eigenvalue weighted by molar-refractivity contribution is 0.567. The minimum absolute atomic E-state index is 0.0701. The zero-order chi connectivity index (χ0) is 14.2. The predicted molar refractivity (Wildman–Crippen MR) is 83.6 cm³/mol. The molecule has 1 N–H and O–H groups in total. The number of anilines is 1. The molecule has 0 spiro atoms. The standard InChI is InChI=1S/C15H18N4S/c1-11-6-4-8-13-17-14(18-19(11)13)16-10-15(2,3)12-7-5-9-20-12/h4-9H,10H2,1-3H3,(H,16,18). The largest absolute Gasteiger partial charge is 0.352 e. The van der Waals surface area contributed by atoms with E-state index in [0.717, 1.165) is 17.9 Å². The van der Waals surface area contributed by atoms with Gasteiger partial charge in [0.15, 0.2) is 5.65 Å². The van der Waals surface area contributed by atoms with E-state index in [2.05, 4.69) is 46.8 Å². The van der Waals surface area contributed by atoms with Gasteiger partial charge in [-0.3, -0.25) is 0 Å². The van der Waals surface area contributed by atoms with E-state index in [-0.39, 0.29) is 5.41 Å². The molecule has 3 aromatic heterocycles. The number of nitrogens with one attached hydrogen (secondary N) is 1. The second-order valence-electron chi connectivity index (χ2n) is 5.59. The summed E-state index contributed by atoms with van der Waals surface area (Å²) in [5, 5.41) is 9.96. The van der Waals surface area contributed by atoms with E-state index < -0.39 is 0 Å². The number of aryl methyl sites for hydroxylation is 1. The lowest BCUT2D eigenvalue weighted by Crippen LogP contribution is -2.26. The Hall–Kier alpha value is -1.88. The topological polar surface area (TPSA) is 42.2 Å². The summed E-state index contributed by atoms with van der Waals surface area (Å²) < 4.78 is 1.86. The zero-order valence-corrected chi connectivity index (χ0v) is 12.7. The Labute approximate surface area is 122 Å². The summed E-state index contributed by atoms with van der Waals surface area (Å²) in [5.74, 6) is 0.684. The first-order valence-electron chi connectivity index (χ1n) is 6.66. The third kappa shape index (κ3) is 2.41. The fraction of sp³-hybridized carbons (Fsp3) is 0.333. The maximum atomic E-state index is 4.50. The van der Waals surface area contributed by atoms with Gasteiger partial charge in [0.1, 0.15) is 0 Å². The molecule has 5 heteroatoms. The Morgan fingerprint density at radius 1 is 1.25 bits per heavy atom. The SMILES string of the molecule is Cc1cccc2nc(NCC(C)(C)c3cccs3)nn12. The number of thiophene rings is 1. The summed E-state index contributed by atoms with van der Waals surface area (Å²) in [4.78, 5) is 5.87. The second-order valence-corrected chi connectivity index (χ2v) is 6.54. The van der Waals surface area contributed by atoms with Gasteiger partial charge in [0.2, 0.25) is 5.95 Å². The highest BCUT2D eigenvalue weighted by Crippen LogP contribution is 2.27. The van der Waals surface area contributed by atoms with Crippen molar-refractivity contribution in [3.63, 3.8) is 0 Å². The van der Waals surface area contributed by atoms with Gasteiger partial charge in [0.05, 0.1) is 0 Å². The molecule has 0 atom stereocenters. The maximum Gasteiger partial charge on any atom is 0.243 e. The van der Waals surface area contributed by atoms with Gasteiger partial charge in [0.25, 0.3) is 0 Å². The maximum absolute atomic E-state index is 4.50. The van der Waals surface area contributed by atoms with E-state index in [9.17, 15) is 0 Å². The van der Waals surface area contributed by atoms with Gasteiger partial charge >= 0.3 is 0 Å². The quantitative estimate of drug-likeness (QED) is 0.798. The molecule has 4 nitrogen and oxygen atoms in total. The minimum atomic E-state index is 0.0701. The van der Waals surface area contributed by atoms with Gasteiger partial charge in [0, 0.05) is 22.5 Å². The number of nitrogens with zero attached hydrogens (tertiary/aromatic N) is 3. The van der Waals surface area contributed by atoms with E-state index in [1.807, 2.05) is 29.6 Å². The van der Waals surface area contributed by atoms with Crippen molar-refractivity contribution in [2.24, 2.45) is 0 Å². The molecule has 3 heterocycles. The molecule has 3 rings (SSSR count). The Balaban J connectivity index is 1.79. The van der Waals surface area contributed by atoms with Crippen LogP contribution < -0.4 is 5.32 Å². The van der Waals surface area contributed by atoms with Gasteiger partial charge in [-0.2, -0.15) is 4.98 Å². The van der Waals surface area contributed by atoms with Crippen LogP contribution in [0.4, 0.5) is 5.95 Å². The Bertz CT molecular complexity index is 713. The smallest absolute Gasteiger partial charge is 0.243 e. The molecule has 0 radical (unpaired) electrons. The zero-order valence-electron chi connectivity index (χ0n) is 11.9. The molecule has 0 bridgehead atoms.